The van der Waals surface area contributed by atoms with Gasteiger partial charge >= 0.3 is 0 Å². The van der Waals surface area contributed by atoms with Crippen LogP contribution in [0, 0.1) is 11.8 Å². The second-order valence-corrected chi connectivity index (χ2v) is 5.44. The van der Waals surface area contributed by atoms with Gasteiger partial charge in [-0.05, 0) is 31.1 Å². The molecule has 0 amide bonds. The Balaban J connectivity index is 1.81. The molecule has 0 aliphatic heterocycles. The Morgan fingerprint density at radius 2 is 1.85 bits per heavy atom. The van der Waals surface area contributed by atoms with Crippen molar-refractivity contribution in [3.8, 4) is 0 Å². The summed E-state index contributed by atoms with van der Waals surface area (Å²) < 4.78 is 0. The highest BCUT2D eigenvalue weighted by Gasteiger charge is 2.34. The number of nitrogens with two attached hydrogens (primary N) is 1. The van der Waals surface area contributed by atoms with Gasteiger partial charge in [0.1, 0.15) is 0 Å². The minimum absolute atomic E-state index is 0.231. The highest BCUT2D eigenvalue weighted by molar-refractivity contribution is 4.92. The van der Waals surface area contributed by atoms with Crippen LogP contribution in [0.2, 0.25) is 0 Å². The number of rotatable bonds is 3. The molecule has 0 radical (unpaired) electrons. The quantitative estimate of drug-likeness (QED) is 0.711. The highest BCUT2D eigenvalue weighted by Crippen LogP contribution is 2.40. The zero-order valence-corrected chi connectivity index (χ0v) is 8.89. The van der Waals surface area contributed by atoms with Crippen molar-refractivity contribution in [2.75, 3.05) is 0 Å². The van der Waals surface area contributed by atoms with E-state index in [-0.39, 0.29) is 5.54 Å². The van der Waals surface area contributed by atoms with Crippen molar-refractivity contribution in [3.05, 3.63) is 0 Å². The summed E-state index contributed by atoms with van der Waals surface area (Å²) in [6.07, 6.45) is 11.0. The van der Waals surface area contributed by atoms with Crippen molar-refractivity contribution in [3.63, 3.8) is 0 Å². The van der Waals surface area contributed by atoms with Crippen molar-refractivity contribution < 1.29 is 0 Å². The van der Waals surface area contributed by atoms with Gasteiger partial charge < -0.3 is 5.73 Å². The lowest BCUT2D eigenvalue weighted by molar-refractivity contribution is 0.177. The van der Waals surface area contributed by atoms with Crippen LogP contribution in [0.15, 0.2) is 0 Å². The Kier molecular flexibility index (Phi) is 2.64. The van der Waals surface area contributed by atoms with Gasteiger partial charge in [-0.15, -0.1) is 0 Å². The van der Waals surface area contributed by atoms with Crippen molar-refractivity contribution in [2.24, 2.45) is 17.6 Å². The van der Waals surface area contributed by atoms with Crippen LogP contribution in [0.1, 0.15) is 58.3 Å². The van der Waals surface area contributed by atoms with Gasteiger partial charge in [0.25, 0.3) is 0 Å². The Bertz CT molecular complexity index is 166. The number of hydrogen-bond acceptors (Lipinski definition) is 1. The molecule has 1 nitrogen and oxygen atoms in total. The summed E-state index contributed by atoms with van der Waals surface area (Å²) in [6.45, 7) is 2.41. The molecule has 1 atom stereocenters. The summed E-state index contributed by atoms with van der Waals surface area (Å²) in [5.74, 6) is 1.90. The van der Waals surface area contributed by atoms with Crippen molar-refractivity contribution in [1.29, 1.82) is 0 Å². The van der Waals surface area contributed by atoms with Gasteiger partial charge in [0, 0.05) is 5.54 Å². The van der Waals surface area contributed by atoms with Crippen LogP contribution < -0.4 is 5.73 Å². The van der Waals surface area contributed by atoms with E-state index in [4.69, 9.17) is 5.73 Å². The molecular weight excluding hydrogens is 158 g/mol. The van der Waals surface area contributed by atoms with Crippen LogP contribution in [-0.4, -0.2) is 5.54 Å². The molecule has 2 saturated carbocycles. The van der Waals surface area contributed by atoms with Crippen molar-refractivity contribution in [1.82, 2.24) is 0 Å². The SMILES string of the molecule is CC(CC1(N)CCCC1)C1CCC1. The molecule has 2 aliphatic carbocycles. The molecule has 0 bridgehead atoms. The van der Waals surface area contributed by atoms with Gasteiger partial charge in [-0.2, -0.15) is 0 Å². The fourth-order valence-corrected chi connectivity index (χ4v) is 3.10. The van der Waals surface area contributed by atoms with E-state index in [1.54, 1.807) is 0 Å². The van der Waals surface area contributed by atoms with Crippen LogP contribution >= 0.6 is 0 Å². The Morgan fingerprint density at radius 1 is 1.23 bits per heavy atom. The minimum Gasteiger partial charge on any atom is -0.325 e. The van der Waals surface area contributed by atoms with Gasteiger partial charge in [0.2, 0.25) is 0 Å². The Morgan fingerprint density at radius 3 is 2.31 bits per heavy atom. The maximum atomic E-state index is 6.38. The third-order valence-corrected chi connectivity index (χ3v) is 4.28. The summed E-state index contributed by atoms with van der Waals surface area (Å²) in [6, 6.07) is 0. The maximum Gasteiger partial charge on any atom is 0.0157 e. The van der Waals surface area contributed by atoms with E-state index in [1.807, 2.05) is 0 Å². The van der Waals surface area contributed by atoms with Gasteiger partial charge in [-0.25, -0.2) is 0 Å². The molecular formula is C12H23N. The van der Waals surface area contributed by atoms with E-state index in [0.717, 1.165) is 11.8 Å². The monoisotopic (exact) mass is 181 g/mol. The van der Waals surface area contributed by atoms with Gasteiger partial charge in [0.15, 0.2) is 0 Å². The first kappa shape index (κ1) is 9.51. The lowest BCUT2D eigenvalue weighted by Crippen LogP contribution is -2.40. The Labute approximate surface area is 82.1 Å². The first-order valence-electron chi connectivity index (χ1n) is 5.98. The summed E-state index contributed by atoms with van der Waals surface area (Å²) in [4.78, 5) is 0. The molecule has 76 valence electrons. The zero-order chi connectivity index (χ0) is 9.31. The largest absolute Gasteiger partial charge is 0.325 e. The van der Waals surface area contributed by atoms with Crippen LogP contribution in [0.4, 0.5) is 0 Å². The summed E-state index contributed by atoms with van der Waals surface area (Å²) >= 11 is 0. The van der Waals surface area contributed by atoms with E-state index in [2.05, 4.69) is 6.92 Å². The molecule has 2 aliphatic rings. The van der Waals surface area contributed by atoms with Crippen molar-refractivity contribution in [2.45, 2.75) is 63.8 Å². The molecule has 1 unspecified atom stereocenters. The zero-order valence-electron chi connectivity index (χ0n) is 8.89. The molecule has 0 aromatic rings. The Hall–Kier alpha value is -0.0400. The summed E-state index contributed by atoms with van der Waals surface area (Å²) in [5.41, 5.74) is 6.61. The fourth-order valence-electron chi connectivity index (χ4n) is 3.10. The molecule has 0 heterocycles. The van der Waals surface area contributed by atoms with E-state index in [9.17, 15) is 0 Å². The van der Waals surface area contributed by atoms with E-state index < -0.39 is 0 Å². The average molecular weight is 181 g/mol. The third kappa shape index (κ3) is 2.07. The first-order chi connectivity index (χ1) is 6.20. The van der Waals surface area contributed by atoms with E-state index >= 15 is 0 Å². The maximum absolute atomic E-state index is 6.38. The molecule has 0 spiro atoms. The molecule has 0 saturated heterocycles. The van der Waals surface area contributed by atoms with Gasteiger partial charge in [-0.3, -0.25) is 0 Å². The lowest BCUT2D eigenvalue weighted by Gasteiger charge is -2.36. The summed E-state index contributed by atoms with van der Waals surface area (Å²) in [7, 11) is 0. The molecule has 0 aromatic heterocycles. The molecule has 2 N–H and O–H groups in total. The van der Waals surface area contributed by atoms with Crippen LogP contribution in [-0.2, 0) is 0 Å². The molecule has 2 rings (SSSR count). The predicted molar refractivity (Wildman–Crippen MR) is 56.5 cm³/mol. The van der Waals surface area contributed by atoms with Crippen LogP contribution in [0.3, 0.4) is 0 Å². The first-order valence-corrected chi connectivity index (χ1v) is 5.98. The molecule has 0 aromatic carbocycles. The van der Waals surface area contributed by atoms with E-state index in [1.165, 1.54) is 51.4 Å². The number of hydrogen-bond donors (Lipinski definition) is 1. The van der Waals surface area contributed by atoms with Crippen molar-refractivity contribution >= 4 is 0 Å². The second kappa shape index (κ2) is 3.61. The summed E-state index contributed by atoms with van der Waals surface area (Å²) in [5, 5.41) is 0. The molecule has 2 fully saturated rings. The predicted octanol–water partition coefficient (Wildman–Crippen LogP) is 3.08. The van der Waals surface area contributed by atoms with Gasteiger partial charge in [0.05, 0.1) is 0 Å². The van der Waals surface area contributed by atoms with E-state index in [0.29, 0.717) is 0 Å². The molecule has 1 heteroatoms. The standard InChI is InChI=1S/C12H23N/c1-10(11-5-4-6-11)9-12(13)7-2-3-8-12/h10-11H,2-9,13H2,1H3. The third-order valence-electron chi connectivity index (χ3n) is 4.28. The topological polar surface area (TPSA) is 26.0 Å². The van der Waals surface area contributed by atoms with Crippen LogP contribution in [0.25, 0.3) is 0 Å². The second-order valence-electron chi connectivity index (χ2n) is 5.44. The lowest BCUT2D eigenvalue weighted by atomic mass is 9.72. The molecule has 13 heavy (non-hydrogen) atoms. The minimum atomic E-state index is 0.231. The smallest absolute Gasteiger partial charge is 0.0157 e. The normalized spacial score (nSPS) is 30.0. The average Bonchev–Trinajstić information content (AvgIpc) is 2.31. The highest BCUT2D eigenvalue weighted by atomic mass is 14.8. The van der Waals surface area contributed by atoms with Crippen LogP contribution in [0.5, 0.6) is 0 Å². The fraction of sp³-hybridized carbons (Fsp3) is 1.00. The van der Waals surface area contributed by atoms with Gasteiger partial charge in [-0.1, -0.05) is 39.0 Å².